The average Bonchev–Trinajstić information content (AvgIpc) is 3.12. The molecule has 4 nitrogen and oxygen atoms in total. The minimum Gasteiger partial charge on any atom is -0.393 e. The Hall–Kier alpha value is -0.870. The van der Waals surface area contributed by atoms with Crippen LogP contribution in [0, 0.1) is 40.4 Å². The molecule has 1 amide bonds. The molecule has 1 aliphatic heterocycles. The maximum atomic E-state index is 11.7. The normalized spacial score (nSPS) is 45.5. The molecule has 5 rings (SSSR count). The number of hydrogen-bond donors (Lipinski definition) is 1. The van der Waals surface area contributed by atoms with Crippen molar-refractivity contribution in [3.8, 4) is 0 Å². The number of hydrogen-bond acceptors (Lipinski definition) is 3. The molecule has 180 valence electrons. The standard InChI is InChI=1S/C28H46N2O2/c1-19(18-29-13-15-30(16-14-29)20(2)31)24-7-8-25-23-6-5-21-17-22(32)9-11-27(21,3)26(23)10-12-28(24,25)4/h5,19,22-26,32H,6-18H2,1-4H3. The Kier molecular flexibility index (Phi) is 6.02. The molecular formula is C28H46N2O2. The number of aliphatic hydroxyl groups is 1. The van der Waals surface area contributed by atoms with E-state index in [4.69, 9.17) is 0 Å². The predicted molar refractivity (Wildman–Crippen MR) is 129 cm³/mol. The third-order valence-corrected chi connectivity index (χ3v) is 11.2. The molecule has 1 saturated heterocycles. The Bertz CT molecular complexity index is 757. The third-order valence-electron chi connectivity index (χ3n) is 11.2. The number of nitrogens with zero attached hydrogens (tertiary/aromatic N) is 2. The highest BCUT2D eigenvalue weighted by Gasteiger charge is 2.59. The monoisotopic (exact) mass is 442 g/mol. The van der Waals surface area contributed by atoms with Gasteiger partial charge in [-0.1, -0.05) is 32.4 Å². The molecule has 1 N–H and O–H groups in total. The van der Waals surface area contributed by atoms with Gasteiger partial charge in [0.15, 0.2) is 0 Å². The highest BCUT2D eigenvalue weighted by atomic mass is 16.3. The molecule has 4 heteroatoms. The van der Waals surface area contributed by atoms with Crippen molar-refractivity contribution in [3.05, 3.63) is 11.6 Å². The zero-order valence-corrected chi connectivity index (χ0v) is 21.0. The van der Waals surface area contributed by atoms with Crippen LogP contribution in [0.15, 0.2) is 11.6 Å². The number of rotatable bonds is 3. The van der Waals surface area contributed by atoms with E-state index in [-0.39, 0.29) is 12.0 Å². The minimum atomic E-state index is -0.103. The van der Waals surface area contributed by atoms with E-state index in [1.54, 1.807) is 12.5 Å². The van der Waals surface area contributed by atoms with Crippen LogP contribution >= 0.6 is 0 Å². The quantitative estimate of drug-likeness (QED) is 0.643. The van der Waals surface area contributed by atoms with Gasteiger partial charge in [-0.25, -0.2) is 0 Å². The fourth-order valence-corrected chi connectivity index (χ4v) is 9.40. The van der Waals surface area contributed by atoms with Crippen LogP contribution < -0.4 is 0 Å². The van der Waals surface area contributed by atoms with Crippen LogP contribution in [0.5, 0.6) is 0 Å². The lowest BCUT2D eigenvalue weighted by molar-refractivity contribution is -0.130. The Morgan fingerprint density at radius 1 is 1.09 bits per heavy atom. The molecule has 0 aromatic carbocycles. The van der Waals surface area contributed by atoms with Crippen molar-refractivity contribution < 1.29 is 9.90 Å². The smallest absolute Gasteiger partial charge is 0.219 e. The van der Waals surface area contributed by atoms with Gasteiger partial charge in [-0.3, -0.25) is 9.69 Å². The molecule has 0 bridgehead atoms. The summed E-state index contributed by atoms with van der Waals surface area (Å²) in [6.07, 6.45) is 12.5. The summed E-state index contributed by atoms with van der Waals surface area (Å²) in [5.74, 6) is 4.37. The fraction of sp³-hybridized carbons (Fsp3) is 0.893. The van der Waals surface area contributed by atoms with E-state index in [0.717, 1.165) is 68.6 Å². The van der Waals surface area contributed by atoms with E-state index in [9.17, 15) is 9.90 Å². The number of aliphatic hydroxyl groups excluding tert-OH is 1. The van der Waals surface area contributed by atoms with Crippen molar-refractivity contribution >= 4 is 5.91 Å². The molecule has 5 aliphatic rings. The molecule has 0 spiro atoms. The SMILES string of the molecule is CC(=O)N1CCN(CC(C)C2CCC3C4CC=C5CC(O)CCC5(C)C4CCC23C)CC1. The van der Waals surface area contributed by atoms with E-state index in [0.29, 0.717) is 10.8 Å². The lowest BCUT2D eigenvalue weighted by Crippen LogP contribution is -2.52. The van der Waals surface area contributed by atoms with Gasteiger partial charge < -0.3 is 10.0 Å². The molecule has 4 aliphatic carbocycles. The summed E-state index contributed by atoms with van der Waals surface area (Å²) >= 11 is 0. The molecule has 0 radical (unpaired) electrons. The third kappa shape index (κ3) is 3.68. The first-order chi connectivity index (χ1) is 15.2. The van der Waals surface area contributed by atoms with Gasteiger partial charge in [-0.2, -0.15) is 0 Å². The average molecular weight is 443 g/mol. The second-order valence-electron chi connectivity index (χ2n) is 12.7. The number of fused-ring (bicyclic) bond motifs is 5. The molecule has 0 aromatic heterocycles. The Labute approximate surface area is 195 Å². The van der Waals surface area contributed by atoms with E-state index < -0.39 is 0 Å². The summed E-state index contributed by atoms with van der Waals surface area (Å²) in [7, 11) is 0. The van der Waals surface area contributed by atoms with Gasteiger partial charge in [0.25, 0.3) is 0 Å². The molecule has 4 fully saturated rings. The van der Waals surface area contributed by atoms with Gasteiger partial charge in [-0.05, 0) is 91.8 Å². The molecule has 1 heterocycles. The van der Waals surface area contributed by atoms with Gasteiger partial charge in [0, 0.05) is 39.6 Å². The van der Waals surface area contributed by atoms with E-state index in [1.807, 2.05) is 4.90 Å². The molecule has 8 atom stereocenters. The largest absolute Gasteiger partial charge is 0.393 e. The molecular weight excluding hydrogens is 396 g/mol. The second kappa shape index (κ2) is 8.41. The zero-order chi connectivity index (χ0) is 22.7. The van der Waals surface area contributed by atoms with Crippen molar-refractivity contribution in [3.63, 3.8) is 0 Å². The van der Waals surface area contributed by atoms with Crippen LogP contribution in [-0.2, 0) is 4.79 Å². The van der Waals surface area contributed by atoms with E-state index >= 15 is 0 Å². The number of piperazine rings is 1. The van der Waals surface area contributed by atoms with Crippen molar-refractivity contribution in [2.45, 2.75) is 85.2 Å². The Morgan fingerprint density at radius 2 is 1.84 bits per heavy atom. The summed E-state index contributed by atoms with van der Waals surface area (Å²) in [5.41, 5.74) is 2.44. The lowest BCUT2D eigenvalue weighted by Gasteiger charge is -2.58. The second-order valence-corrected chi connectivity index (χ2v) is 12.7. The number of carbonyl (C=O) groups is 1. The van der Waals surface area contributed by atoms with Crippen LogP contribution in [-0.4, -0.2) is 59.6 Å². The van der Waals surface area contributed by atoms with Gasteiger partial charge in [0.05, 0.1) is 6.10 Å². The summed E-state index contributed by atoms with van der Waals surface area (Å²) in [5, 5.41) is 10.3. The van der Waals surface area contributed by atoms with Crippen molar-refractivity contribution in [2.24, 2.45) is 40.4 Å². The fourth-order valence-electron chi connectivity index (χ4n) is 9.40. The van der Waals surface area contributed by atoms with Crippen LogP contribution in [0.4, 0.5) is 0 Å². The zero-order valence-electron chi connectivity index (χ0n) is 21.0. The molecule has 3 saturated carbocycles. The first-order valence-electron chi connectivity index (χ1n) is 13.6. The molecule has 32 heavy (non-hydrogen) atoms. The van der Waals surface area contributed by atoms with Gasteiger partial charge in [-0.15, -0.1) is 0 Å². The van der Waals surface area contributed by atoms with Gasteiger partial charge in [0.1, 0.15) is 0 Å². The Morgan fingerprint density at radius 3 is 2.56 bits per heavy atom. The summed E-state index contributed by atoms with van der Waals surface area (Å²) in [6.45, 7) is 14.5. The highest BCUT2D eigenvalue weighted by Crippen LogP contribution is 2.67. The van der Waals surface area contributed by atoms with E-state index in [2.05, 4.69) is 31.7 Å². The number of amides is 1. The number of allylic oxidation sites excluding steroid dienone is 1. The van der Waals surface area contributed by atoms with Gasteiger partial charge in [0.2, 0.25) is 5.91 Å². The molecule has 8 unspecified atom stereocenters. The van der Waals surface area contributed by atoms with Crippen LogP contribution in [0.1, 0.15) is 79.1 Å². The summed E-state index contributed by atoms with van der Waals surface area (Å²) in [6, 6.07) is 0. The lowest BCUT2D eigenvalue weighted by atomic mass is 9.47. The summed E-state index contributed by atoms with van der Waals surface area (Å²) < 4.78 is 0. The van der Waals surface area contributed by atoms with Crippen LogP contribution in [0.2, 0.25) is 0 Å². The summed E-state index contributed by atoms with van der Waals surface area (Å²) in [4.78, 5) is 16.3. The van der Waals surface area contributed by atoms with Gasteiger partial charge >= 0.3 is 0 Å². The van der Waals surface area contributed by atoms with Crippen LogP contribution in [0.3, 0.4) is 0 Å². The van der Waals surface area contributed by atoms with Crippen LogP contribution in [0.25, 0.3) is 0 Å². The van der Waals surface area contributed by atoms with Crippen molar-refractivity contribution in [1.29, 1.82) is 0 Å². The Balaban J connectivity index is 1.26. The highest BCUT2D eigenvalue weighted by molar-refractivity contribution is 5.73. The van der Waals surface area contributed by atoms with Crippen molar-refractivity contribution in [2.75, 3.05) is 32.7 Å². The molecule has 0 aromatic rings. The first kappa shape index (κ1) is 22.9. The maximum absolute atomic E-state index is 11.7. The number of carbonyl (C=O) groups excluding carboxylic acids is 1. The minimum absolute atomic E-state index is 0.103. The maximum Gasteiger partial charge on any atom is 0.219 e. The predicted octanol–water partition coefficient (Wildman–Crippen LogP) is 4.73. The first-order valence-corrected chi connectivity index (χ1v) is 13.6. The topological polar surface area (TPSA) is 43.8 Å². The van der Waals surface area contributed by atoms with Crippen molar-refractivity contribution in [1.82, 2.24) is 9.80 Å². The van der Waals surface area contributed by atoms with E-state index in [1.165, 1.54) is 45.1 Å².